The molecule has 0 bridgehead atoms. The zero-order chi connectivity index (χ0) is 14.3. The van der Waals surface area contributed by atoms with Crippen LogP contribution in [0.2, 0.25) is 0 Å². The van der Waals surface area contributed by atoms with Gasteiger partial charge < -0.3 is 10.4 Å². The number of rotatable bonds is 4. The molecule has 0 radical (unpaired) electrons. The summed E-state index contributed by atoms with van der Waals surface area (Å²) in [6.07, 6.45) is 1.27. The lowest BCUT2D eigenvalue weighted by Crippen LogP contribution is -2.39. The molecule has 0 atom stereocenters. The van der Waals surface area contributed by atoms with Crippen molar-refractivity contribution in [3.63, 3.8) is 0 Å². The molecule has 0 aliphatic heterocycles. The van der Waals surface area contributed by atoms with Gasteiger partial charge in [0.25, 0.3) is 0 Å². The number of hydrazone groups is 1. The zero-order valence-electron chi connectivity index (χ0n) is 10.9. The first-order chi connectivity index (χ1) is 9.00. The lowest BCUT2D eigenvalue weighted by atomic mass is 10.2. The topological polar surface area (TPSA) is 90.8 Å². The number of hydrogen-bond donors (Lipinski definition) is 3. The molecule has 0 aromatic heterocycles. The SMILES string of the molecule is CC(C)CNC(=O)C(=O)N/N=C\c1ccccc1O. The summed E-state index contributed by atoms with van der Waals surface area (Å²) in [4.78, 5) is 22.6. The van der Waals surface area contributed by atoms with Gasteiger partial charge in [0.1, 0.15) is 5.75 Å². The molecule has 1 aromatic carbocycles. The lowest BCUT2D eigenvalue weighted by Gasteiger charge is -2.05. The number of nitrogens with zero attached hydrogens (tertiary/aromatic N) is 1. The summed E-state index contributed by atoms with van der Waals surface area (Å²) in [7, 11) is 0. The van der Waals surface area contributed by atoms with Crippen molar-refractivity contribution in [2.45, 2.75) is 13.8 Å². The molecule has 0 aliphatic rings. The number of phenolic OH excluding ortho intramolecular Hbond substituents is 1. The molecule has 0 saturated carbocycles. The van der Waals surface area contributed by atoms with E-state index in [0.717, 1.165) is 0 Å². The third-order valence-corrected chi connectivity index (χ3v) is 2.18. The van der Waals surface area contributed by atoms with E-state index in [1.165, 1.54) is 12.3 Å². The lowest BCUT2D eigenvalue weighted by molar-refractivity contribution is -0.139. The van der Waals surface area contributed by atoms with Crippen LogP contribution in [-0.2, 0) is 9.59 Å². The van der Waals surface area contributed by atoms with Crippen LogP contribution in [0.5, 0.6) is 5.75 Å². The van der Waals surface area contributed by atoms with Gasteiger partial charge in [0.15, 0.2) is 0 Å². The average molecular weight is 263 g/mol. The first-order valence-corrected chi connectivity index (χ1v) is 5.90. The fourth-order valence-electron chi connectivity index (χ4n) is 1.19. The van der Waals surface area contributed by atoms with E-state index in [1.54, 1.807) is 18.2 Å². The Kier molecular flexibility index (Phi) is 5.53. The highest BCUT2D eigenvalue weighted by molar-refractivity contribution is 6.35. The van der Waals surface area contributed by atoms with Gasteiger partial charge in [-0.15, -0.1) is 0 Å². The first kappa shape index (κ1) is 14.7. The summed E-state index contributed by atoms with van der Waals surface area (Å²) in [5, 5.41) is 15.5. The number of aromatic hydroxyl groups is 1. The van der Waals surface area contributed by atoms with Crippen molar-refractivity contribution >= 4 is 18.0 Å². The minimum absolute atomic E-state index is 0.0461. The molecular formula is C13H17N3O3. The zero-order valence-corrected chi connectivity index (χ0v) is 10.9. The predicted molar refractivity (Wildman–Crippen MR) is 71.7 cm³/mol. The maximum atomic E-state index is 11.3. The normalized spacial score (nSPS) is 10.7. The van der Waals surface area contributed by atoms with Gasteiger partial charge in [-0.1, -0.05) is 26.0 Å². The number of benzene rings is 1. The molecule has 2 amide bonds. The summed E-state index contributed by atoms with van der Waals surface area (Å²) in [5.74, 6) is -1.26. The Morgan fingerprint density at radius 2 is 2.00 bits per heavy atom. The maximum Gasteiger partial charge on any atom is 0.329 e. The van der Waals surface area contributed by atoms with Crippen molar-refractivity contribution in [1.29, 1.82) is 0 Å². The Labute approximate surface area is 111 Å². The fourth-order valence-corrected chi connectivity index (χ4v) is 1.19. The Balaban J connectivity index is 2.46. The van der Waals surface area contributed by atoms with Crippen LogP contribution in [0.3, 0.4) is 0 Å². The molecule has 6 heteroatoms. The average Bonchev–Trinajstić information content (AvgIpc) is 2.38. The van der Waals surface area contributed by atoms with E-state index >= 15 is 0 Å². The van der Waals surface area contributed by atoms with Crippen LogP contribution in [0.4, 0.5) is 0 Å². The van der Waals surface area contributed by atoms with Gasteiger partial charge in [-0.05, 0) is 18.1 Å². The van der Waals surface area contributed by atoms with Crippen LogP contribution < -0.4 is 10.7 Å². The van der Waals surface area contributed by atoms with Crippen LogP contribution in [-0.4, -0.2) is 29.7 Å². The summed E-state index contributed by atoms with van der Waals surface area (Å²) < 4.78 is 0. The number of amides is 2. The van der Waals surface area contributed by atoms with E-state index in [1.807, 2.05) is 13.8 Å². The number of carbonyl (C=O) groups excluding carboxylic acids is 2. The molecule has 1 rings (SSSR count). The molecule has 19 heavy (non-hydrogen) atoms. The summed E-state index contributed by atoms with van der Waals surface area (Å²) in [5.41, 5.74) is 2.54. The molecule has 6 nitrogen and oxygen atoms in total. The molecule has 1 aromatic rings. The van der Waals surface area contributed by atoms with Gasteiger partial charge in [-0.25, -0.2) is 5.43 Å². The molecule has 0 aliphatic carbocycles. The second-order valence-corrected chi connectivity index (χ2v) is 4.36. The highest BCUT2D eigenvalue weighted by Crippen LogP contribution is 2.12. The molecule has 102 valence electrons. The molecule has 0 heterocycles. The van der Waals surface area contributed by atoms with Crippen LogP contribution in [0.15, 0.2) is 29.4 Å². The third kappa shape index (κ3) is 5.20. The molecule has 0 spiro atoms. The van der Waals surface area contributed by atoms with Crippen molar-refractivity contribution in [2.24, 2.45) is 11.0 Å². The monoisotopic (exact) mass is 263 g/mol. The van der Waals surface area contributed by atoms with E-state index in [2.05, 4.69) is 15.8 Å². The number of nitrogens with one attached hydrogen (secondary N) is 2. The Hall–Kier alpha value is -2.37. The van der Waals surface area contributed by atoms with E-state index in [0.29, 0.717) is 12.1 Å². The summed E-state index contributed by atoms with van der Waals surface area (Å²) in [6, 6.07) is 6.52. The van der Waals surface area contributed by atoms with Gasteiger partial charge in [0, 0.05) is 12.1 Å². The van der Waals surface area contributed by atoms with E-state index < -0.39 is 11.8 Å². The molecule has 0 fully saturated rings. The van der Waals surface area contributed by atoms with E-state index in [4.69, 9.17) is 0 Å². The number of phenols is 1. The molecule has 0 saturated heterocycles. The Morgan fingerprint density at radius 1 is 1.32 bits per heavy atom. The van der Waals surface area contributed by atoms with Gasteiger partial charge in [0.2, 0.25) is 0 Å². The van der Waals surface area contributed by atoms with Crippen molar-refractivity contribution < 1.29 is 14.7 Å². The second kappa shape index (κ2) is 7.15. The molecular weight excluding hydrogens is 246 g/mol. The highest BCUT2D eigenvalue weighted by atomic mass is 16.3. The predicted octanol–water partition coefficient (Wildman–Crippen LogP) is 0.615. The van der Waals surface area contributed by atoms with Crippen LogP contribution in [0, 0.1) is 5.92 Å². The third-order valence-electron chi connectivity index (χ3n) is 2.18. The van der Waals surface area contributed by atoms with E-state index in [9.17, 15) is 14.7 Å². The Morgan fingerprint density at radius 3 is 2.63 bits per heavy atom. The number of carbonyl (C=O) groups is 2. The fraction of sp³-hybridized carbons (Fsp3) is 0.308. The number of para-hydroxylation sites is 1. The first-order valence-electron chi connectivity index (χ1n) is 5.90. The smallest absolute Gasteiger partial charge is 0.329 e. The Bertz CT molecular complexity index is 484. The van der Waals surface area contributed by atoms with Crippen molar-refractivity contribution in [1.82, 2.24) is 10.7 Å². The van der Waals surface area contributed by atoms with Crippen LogP contribution in [0.1, 0.15) is 19.4 Å². The maximum absolute atomic E-state index is 11.3. The summed E-state index contributed by atoms with van der Waals surface area (Å²) >= 11 is 0. The second-order valence-electron chi connectivity index (χ2n) is 4.36. The van der Waals surface area contributed by atoms with Crippen LogP contribution in [0.25, 0.3) is 0 Å². The van der Waals surface area contributed by atoms with Gasteiger partial charge >= 0.3 is 11.8 Å². The molecule has 0 unspecified atom stereocenters. The summed E-state index contributed by atoms with van der Waals surface area (Å²) in [6.45, 7) is 4.28. The van der Waals surface area contributed by atoms with Gasteiger partial charge in [-0.2, -0.15) is 5.10 Å². The quantitative estimate of drug-likeness (QED) is 0.422. The molecule has 3 N–H and O–H groups in total. The number of hydrogen-bond acceptors (Lipinski definition) is 4. The van der Waals surface area contributed by atoms with Crippen molar-refractivity contribution in [2.75, 3.05) is 6.54 Å². The van der Waals surface area contributed by atoms with Crippen molar-refractivity contribution in [3.05, 3.63) is 29.8 Å². The van der Waals surface area contributed by atoms with Crippen molar-refractivity contribution in [3.8, 4) is 5.75 Å². The van der Waals surface area contributed by atoms with E-state index in [-0.39, 0.29) is 11.7 Å². The highest BCUT2D eigenvalue weighted by Gasteiger charge is 2.12. The minimum atomic E-state index is -0.840. The van der Waals surface area contributed by atoms with Crippen LogP contribution >= 0.6 is 0 Å². The van der Waals surface area contributed by atoms with Gasteiger partial charge in [-0.3, -0.25) is 9.59 Å². The van der Waals surface area contributed by atoms with Gasteiger partial charge in [0.05, 0.1) is 6.21 Å². The standard InChI is InChI=1S/C13H17N3O3/c1-9(2)7-14-12(18)13(19)16-15-8-10-5-3-4-6-11(10)17/h3-6,8-9,17H,7H2,1-2H3,(H,14,18)(H,16,19)/b15-8-. The minimum Gasteiger partial charge on any atom is -0.507 e. The largest absolute Gasteiger partial charge is 0.507 e.